The van der Waals surface area contributed by atoms with Crippen LogP contribution < -0.4 is 5.32 Å². The lowest BCUT2D eigenvalue weighted by atomic mass is 9.87. The number of urea groups is 1. The van der Waals surface area contributed by atoms with E-state index in [1.54, 1.807) is 7.05 Å². The van der Waals surface area contributed by atoms with E-state index in [-0.39, 0.29) is 11.4 Å². The summed E-state index contributed by atoms with van der Waals surface area (Å²) in [5.74, 6) is 0. The van der Waals surface area contributed by atoms with Gasteiger partial charge >= 0.3 is 6.03 Å². The molecule has 2 aliphatic rings. The topological polar surface area (TPSA) is 41.6 Å². The lowest BCUT2D eigenvalue weighted by Crippen LogP contribution is -2.38. The average molecular weight is 184 g/mol. The van der Waals surface area contributed by atoms with Gasteiger partial charge in [-0.25, -0.2) is 4.79 Å². The molecule has 1 atom stereocenters. The first-order chi connectivity index (χ1) is 6.26. The summed E-state index contributed by atoms with van der Waals surface area (Å²) in [6, 6.07) is 0.0452. The third-order valence-electron chi connectivity index (χ3n) is 3.12. The smallest absolute Gasteiger partial charge is 0.317 e. The van der Waals surface area contributed by atoms with Gasteiger partial charge in [-0.1, -0.05) is 0 Å². The molecule has 13 heavy (non-hydrogen) atoms. The van der Waals surface area contributed by atoms with E-state index < -0.39 is 0 Å². The molecular formula is C9H16N2O2. The molecule has 2 amide bonds. The molecule has 2 saturated heterocycles. The number of hydrogen-bond donors (Lipinski definition) is 1. The maximum Gasteiger partial charge on any atom is 0.317 e. The normalized spacial score (nSPS) is 32.8. The SMILES string of the molecule is CNC(=O)N1CCC2(CCOC2)C1. The Morgan fingerprint density at radius 1 is 1.54 bits per heavy atom. The van der Waals surface area contributed by atoms with Crippen LogP contribution in [0, 0.1) is 5.41 Å². The molecule has 2 aliphatic heterocycles. The van der Waals surface area contributed by atoms with Crippen molar-refractivity contribution in [3.8, 4) is 0 Å². The molecule has 2 rings (SSSR count). The minimum absolute atomic E-state index is 0.0452. The fourth-order valence-electron chi connectivity index (χ4n) is 2.24. The number of carbonyl (C=O) groups excluding carboxylic acids is 1. The van der Waals surface area contributed by atoms with Crippen molar-refractivity contribution in [2.24, 2.45) is 5.41 Å². The van der Waals surface area contributed by atoms with Gasteiger partial charge in [-0.3, -0.25) is 0 Å². The fourth-order valence-corrected chi connectivity index (χ4v) is 2.24. The van der Waals surface area contributed by atoms with Gasteiger partial charge in [0.05, 0.1) is 6.61 Å². The fraction of sp³-hybridized carbons (Fsp3) is 0.889. The van der Waals surface area contributed by atoms with Crippen molar-refractivity contribution >= 4 is 6.03 Å². The van der Waals surface area contributed by atoms with Gasteiger partial charge in [0.1, 0.15) is 0 Å². The van der Waals surface area contributed by atoms with E-state index in [1.165, 1.54) is 0 Å². The first-order valence-corrected chi connectivity index (χ1v) is 4.80. The van der Waals surface area contributed by atoms with Crippen molar-refractivity contribution in [2.75, 3.05) is 33.4 Å². The van der Waals surface area contributed by atoms with E-state index in [4.69, 9.17) is 4.74 Å². The van der Waals surface area contributed by atoms with Crippen LogP contribution in [0.15, 0.2) is 0 Å². The zero-order valence-electron chi connectivity index (χ0n) is 8.01. The van der Waals surface area contributed by atoms with Crippen LogP contribution in [0.2, 0.25) is 0 Å². The summed E-state index contributed by atoms with van der Waals surface area (Å²) in [7, 11) is 1.68. The van der Waals surface area contributed by atoms with Crippen LogP contribution in [0.3, 0.4) is 0 Å². The number of nitrogens with zero attached hydrogens (tertiary/aromatic N) is 1. The second-order valence-corrected chi connectivity index (χ2v) is 4.03. The van der Waals surface area contributed by atoms with Crippen LogP contribution in [-0.4, -0.2) is 44.3 Å². The molecule has 0 aromatic rings. The molecule has 0 aromatic carbocycles. The Kier molecular flexibility index (Phi) is 2.15. The van der Waals surface area contributed by atoms with Crippen molar-refractivity contribution in [3.05, 3.63) is 0 Å². The van der Waals surface area contributed by atoms with Gasteiger partial charge in [-0.15, -0.1) is 0 Å². The number of ether oxygens (including phenoxy) is 1. The highest BCUT2D eigenvalue weighted by atomic mass is 16.5. The van der Waals surface area contributed by atoms with Crippen LogP contribution in [0.5, 0.6) is 0 Å². The van der Waals surface area contributed by atoms with Gasteiger partial charge in [0, 0.05) is 32.2 Å². The Hall–Kier alpha value is -0.770. The number of likely N-dealkylation sites (tertiary alicyclic amines) is 1. The van der Waals surface area contributed by atoms with Crippen molar-refractivity contribution in [1.82, 2.24) is 10.2 Å². The summed E-state index contributed by atoms with van der Waals surface area (Å²) in [5, 5.41) is 2.66. The molecule has 0 radical (unpaired) electrons. The number of amides is 2. The van der Waals surface area contributed by atoms with E-state index >= 15 is 0 Å². The maximum absolute atomic E-state index is 11.3. The maximum atomic E-state index is 11.3. The highest BCUT2D eigenvalue weighted by Gasteiger charge is 2.42. The summed E-state index contributed by atoms with van der Waals surface area (Å²) in [5.41, 5.74) is 0.284. The molecule has 0 aromatic heterocycles. The minimum atomic E-state index is 0.0452. The summed E-state index contributed by atoms with van der Waals surface area (Å²) in [6.07, 6.45) is 2.21. The number of rotatable bonds is 0. The van der Waals surface area contributed by atoms with E-state index in [9.17, 15) is 4.79 Å². The van der Waals surface area contributed by atoms with Crippen molar-refractivity contribution in [2.45, 2.75) is 12.8 Å². The lowest BCUT2D eigenvalue weighted by molar-refractivity contribution is 0.152. The Morgan fingerprint density at radius 2 is 2.38 bits per heavy atom. The Morgan fingerprint density at radius 3 is 3.00 bits per heavy atom. The number of carbonyl (C=O) groups is 1. The molecule has 1 N–H and O–H groups in total. The first kappa shape index (κ1) is 8.81. The Bertz CT molecular complexity index is 212. The van der Waals surface area contributed by atoms with Crippen molar-refractivity contribution in [3.63, 3.8) is 0 Å². The van der Waals surface area contributed by atoms with Gasteiger partial charge in [-0.2, -0.15) is 0 Å². The molecule has 4 nitrogen and oxygen atoms in total. The average Bonchev–Trinajstić information content (AvgIpc) is 2.76. The molecule has 4 heteroatoms. The molecule has 2 fully saturated rings. The lowest BCUT2D eigenvalue weighted by Gasteiger charge is -2.21. The highest BCUT2D eigenvalue weighted by molar-refractivity contribution is 5.74. The Balaban J connectivity index is 1.96. The van der Waals surface area contributed by atoms with Gasteiger partial charge in [-0.05, 0) is 12.8 Å². The van der Waals surface area contributed by atoms with Crippen LogP contribution in [0.1, 0.15) is 12.8 Å². The van der Waals surface area contributed by atoms with Gasteiger partial charge in [0.15, 0.2) is 0 Å². The predicted octanol–water partition coefficient (Wildman–Crippen LogP) is 0.438. The third-order valence-corrected chi connectivity index (χ3v) is 3.12. The molecule has 0 aliphatic carbocycles. The summed E-state index contributed by atoms with van der Waals surface area (Å²) < 4.78 is 5.39. The number of hydrogen-bond acceptors (Lipinski definition) is 2. The summed E-state index contributed by atoms with van der Waals surface area (Å²) in [4.78, 5) is 13.2. The summed E-state index contributed by atoms with van der Waals surface area (Å²) in [6.45, 7) is 3.44. The third kappa shape index (κ3) is 1.50. The second-order valence-electron chi connectivity index (χ2n) is 4.03. The molecule has 74 valence electrons. The zero-order valence-corrected chi connectivity index (χ0v) is 8.01. The van der Waals surface area contributed by atoms with Gasteiger partial charge in [0.2, 0.25) is 0 Å². The monoisotopic (exact) mass is 184 g/mol. The molecule has 0 saturated carbocycles. The van der Waals surface area contributed by atoms with E-state index in [0.29, 0.717) is 0 Å². The number of nitrogens with one attached hydrogen (secondary N) is 1. The van der Waals surface area contributed by atoms with Crippen molar-refractivity contribution < 1.29 is 9.53 Å². The molecule has 1 spiro atoms. The first-order valence-electron chi connectivity index (χ1n) is 4.80. The summed E-state index contributed by atoms with van der Waals surface area (Å²) >= 11 is 0. The molecule has 0 bridgehead atoms. The van der Waals surface area contributed by atoms with E-state index in [1.807, 2.05) is 4.90 Å². The van der Waals surface area contributed by atoms with Crippen LogP contribution in [-0.2, 0) is 4.74 Å². The standard InChI is InChI=1S/C9H16N2O2/c1-10-8(12)11-4-2-9(6-11)3-5-13-7-9/h2-7H2,1H3,(H,10,12). The highest BCUT2D eigenvalue weighted by Crippen LogP contribution is 2.37. The van der Waals surface area contributed by atoms with Gasteiger partial charge < -0.3 is 15.0 Å². The predicted molar refractivity (Wildman–Crippen MR) is 48.5 cm³/mol. The minimum Gasteiger partial charge on any atom is -0.381 e. The van der Waals surface area contributed by atoms with Crippen LogP contribution >= 0.6 is 0 Å². The molecule has 1 unspecified atom stereocenters. The molecular weight excluding hydrogens is 168 g/mol. The quantitative estimate of drug-likeness (QED) is 0.593. The largest absolute Gasteiger partial charge is 0.381 e. The van der Waals surface area contributed by atoms with Crippen molar-refractivity contribution in [1.29, 1.82) is 0 Å². The van der Waals surface area contributed by atoms with E-state index in [0.717, 1.165) is 39.1 Å². The Labute approximate surface area is 78.2 Å². The van der Waals surface area contributed by atoms with Crippen LogP contribution in [0.25, 0.3) is 0 Å². The second kappa shape index (κ2) is 3.18. The molecule has 2 heterocycles. The van der Waals surface area contributed by atoms with Gasteiger partial charge in [0.25, 0.3) is 0 Å². The van der Waals surface area contributed by atoms with Crippen LogP contribution in [0.4, 0.5) is 4.79 Å². The zero-order chi connectivity index (χ0) is 9.31. The van der Waals surface area contributed by atoms with E-state index in [2.05, 4.69) is 5.32 Å².